The molecule has 26 heavy (non-hydrogen) atoms. The first kappa shape index (κ1) is 18.8. The number of fused-ring (bicyclic) bond motifs is 1. The molecule has 2 N–H and O–H groups in total. The van der Waals surface area contributed by atoms with E-state index in [1.807, 2.05) is 6.92 Å². The van der Waals surface area contributed by atoms with E-state index in [1.54, 1.807) is 24.3 Å². The number of carbonyl (C=O) groups is 1. The fraction of sp³-hybridized carbons (Fsp3) is 0.556. The zero-order valence-corrected chi connectivity index (χ0v) is 15.7. The van der Waals surface area contributed by atoms with E-state index in [0.717, 1.165) is 32.3 Å². The molecule has 1 aromatic carbocycles. The van der Waals surface area contributed by atoms with Crippen LogP contribution in [0.5, 0.6) is 0 Å². The molecule has 0 aliphatic carbocycles. The van der Waals surface area contributed by atoms with Gasteiger partial charge in [-0.25, -0.2) is 8.42 Å². The summed E-state index contributed by atoms with van der Waals surface area (Å²) in [5, 5.41) is 2.90. The van der Waals surface area contributed by atoms with Gasteiger partial charge in [-0.1, -0.05) is 31.9 Å². The van der Waals surface area contributed by atoms with Gasteiger partial charge in [0, 0.05) is 18.7 Å². The van der Waals surface area contributed by atoms with Crippen molar-refractivity contribution < 1.29 is 17.9 Å². The van der Waals surface area contributed by atoms with E-state index in [9.17, 15) is 13.2 Å². The van der Waals surface area contributed by atoms with Crippen molar-refractivity contribution in [3.63, 3.8) is 0 Å². The summed E-state index contributed by atoms with van der Waals surface area (Å²) >= 11 is 0. The number of nitrogens with zero attached hydrogens (tertiary/aromatic N) is 1. The third-order valence-corrected chi connectivity index (χ3v) is 6.01. The number of amides is 1. The quantitative estimate of drug-likeness (QED) is 0.752. The summed E-state index contributed by atoms with van der Waals surface area (Å²) in [7, 11) is -3.60. The van der Waals surface area contributed by atoms with E-state index in [0.29, 0.717) is 18.5 Å². The van der Waals surface area contributed by atoms with Crippen molar-refractivity contribution in [2.45, 2.75) is 56.1 Å². The Morgan fingerprint density at radius 3 is 2.96 bits per heavy atom. The van der Waals surface area contributed by atoms with Crippen LogP contribution in [0.2, 0.25) is 0 Å². The smallest absolute Gasteiger partial charge is 0.263 e. The maximum atomic E-state index is 12.6. The lowest BCUT2D eigenvalue weighted by atomic mass is 10.1. The fourth-order valence-corrected chi connectivity index (χ4v) is 4.41. The Balaban J connectivity index is 1.77. The number of rotatable bonds is 7. The highest BCUT2D eigenvalue weighted by Gasteiger charge is 2.31. The van der Waals surface area contributed by atoms with Crippen molar-refractivity contribution in [1.82, 2.24) is 10.0 Å². The number of nitrogens with one attached hydrogen (secondary N) is 2. The minimum atomic E-state index is -3.60. The third-order valence-electron chi connectivity index (χ3n) is 4.61. The van der Waals surface area contributed by atoms with Crippen molar-refractivity contribution >= 4 is 21.8 Å². The molecule has 0 radical (unpaired) electrons. The first-order chi connectivity index (χ1) is 12.5. The standard InChI is InChI=1S/C18H25N3O4S/c1-2-3-9-15(18(22)19-12-13-7-6-11-25-13)20-17-14-8-4-5-10-16(14)26(23,24)21-17/h4-5,8,10,13,15H,2-3,6-7,9,11-12H2,1H3,(H,19,22)(H,20,21)/t13-,15-/m0/s1. The van der Waals surface area contributed by atoms with Crippen molar-refractivity contribution in [1.29, 1.82) is 0 Å². The van der Waals surface area contributed by atoms with Crippen LogP contribution in [0.4, 0.5) is 0 Å². The molecule has 0 aromatic heterocycles. The molecule has 2 aliphatic heterocycles. The lowest BCUT2D eigenvalue weighted by Crippen LogP contribution is -2.39. The van der Waals surface area contributed by atoms with E-state index < -0.39 is 16.1 Å². The summed E-state index contributed by atoms with van der Waals surface area (Å²) in [5.41, 5.74) is 0.515. The molecular formula is C18H25N3O4S. The lowest BCUT2D eigenvalue weighted by Gasteiger charge is -2.16. The van der Waals surface area contributed by atoms with Crippen molar-refractivity contribution in [3.8, 4) is 0 Å². The summed E-state index contributed by atoms with van der Waals surface area (Å²) in [6.07, 6.45) is 4.36. The number of sulfonamides is 1. The molecule has 1 aromatic rings. The van der Waals surface area contributed by atoms with Gasteiger partial charge in [0.15, 0.2) is 0 Å². The second kappa shape index (κ2) is 8.18. The predicted octanol–water partition coefficient (Wildman–Crippen LogP) is 1.58. The number of benzene rings is 1. The van der Waals surface area contributed by atoms with Gasteiger partial charge in [0.25, 0.3) is 10.0 Å². The molecule has 2 heterocycles. The van der Waals surface area contributed by atoms with E-state index in [2.05, 4.69) is 15.0 Å². The molecule has 142 valence electrons. The van der Waals surface area contributed by atoms with Gasteiger partial charge in [0.1, 0.15) is 11.9 Å². The Morgan fingerprint density at radius 1 is 1.42 bits per heavy atom. The fourth-order valence-electron chi connectivity index (χ4n) is 3.17. The highest BCUT2D eigenvalue weighted by molar-refractivity contribution is 7.90. The van der Waals surface area contributed by atoms with Crippen LogP contribution in [0, 0.1) is 0 Å². The molecular weight excluding hydrogens is 354 g/mol. The molecule has 2 aliphatic rings. The van der Waals surface area contributed by atoms with Crippen molar-refractivity contribution in [2.75, 3.05) is 13.2 Å². The average Bonchev–Trinajstić information content (AvgIpc) is 3.23. The Kier molecular flexibility index (Phi) is 5.93. The van der Waals surface area contributed by atoms with Gasteiger partial charge in [-0.15, -0.1) is 0 Å². The van der Waals surface area contributed by atoms with E-state index in [4.69, 9.17) is 4.74 Å². The maximum Gasteiger partial charge on any atom is 0.263 e. The molecule has 0 spiro atoms. The Morgan fingerprint density at radius 2 is 2.23 bits per heavy atom. The first-order valence-electron chi connectivity index (χ1n) is 9.10. The SMILES string of the molecule is CCCC[C@H](N=C1NS(=O)(=O)c2ccccc21)C(=O)NC[C@@H]1CCCO1. The highest BCUT2D eigenvalue weighted by Crippen LogP contribution is 2.23. The van der Waals surface area contributed by atoms with Gasteiger partial charge < -0.3 is 10.1 Å². The molecule has 8 heteroatoms. The monoisotopic (exact) mass is 379 g/mol. The Bertz CT molecular complexity index is 785. The van der Waals surface area contributed by atoms with Crippen LogP contribution in [-0.2, 0) is 19.6 Å². The minimum Gasteiger partial charge on any atom is -0.376 e. The second-order valence-corrected chi connectivity index (χ2v) is 8.27. The highest BCUT2D eigenvalue weighted by atomic mass is 32.2. The number of unbranched alkanes of at least 4 members (excludes halogenated alkanes) is 1. The molecule has 2 atom stereocenters. The number of hydrogen-bond acceptors (Lipinski definition) is 5. The topological polar surface area (TPSA) is 96.9 Å². The molecule has 1 saturated heterocycles. The maximum absolute atomic E-state index is 12.6. The second-order valence-electron chi connectivity index (χ2n) is 6.62. The zero-order valence-electron chi connectivity index (χ0n) is 14.9. The van der Waals surface area contributed by atoms with Crippen molar-refractivity contribution in [3.05, 3.63) is 29.8 Å². The van der Waals surface area contributed by atoms with Crippen LogP contribution in [-0.4, -0.2) is 45.5 Å². The van der Waals surface area contributed by atoms with Crippen LogP contribution in [0.25, 0.3) is 0 Å². The summed E-state index contributed by atoms with van der Waals surface area (Å²) in [4.78, 5) is 17.3. The number of aliphatic imine (C=N–C) groups is 1. The summed E-state index contributed by atoms with van der Waals surface area (Å²) in [6, 6.07) is 6.05. The number of hydrogen-bond donors (Lipinski definition) is 2. The van der Waals surface area contributed by atoms with E-state index in [1.165, 1.54) is 0 Å². The average molecular weight is 379 g/mol. The summed E-state index contributed by atoms with van der Waals surface area (Å²) in [6.45, 7) is 3.25. The van der Waals surface area contributed by atoms with Crippen LogP contribution in [0.1, 0.15) is 44.6 Å². The van der Waals surface area contributed by atoms with Gasteiger partial charge in [-0.3, -0.25) is 14.5 Å². The van der Waals surface area contributed by atoms with Gasteiger partial charge in [0.2, 0.25) is 5.91 Å². The summed E-state index contributed by atoms with van der Waals surface area (Å²) in [5.74, 6) is 0.0546. The third kappa shape index (κ3) is 4.24. The van der Waals surface area contributed by atoms with Gasteiger partial charge in [0.05, 0.1) is 11.0 Å². The normalized spacial score (nSPS) is 23.4. The Hall–Kier alpha value is -1.93. The molecule has 7 nitrogen and oxygen atoms in total. The van der Waals surface area contributed by atoms with Crippen LogP contribution < -0.4 is 10.0 Å². The van der Waals surface area contributed by atoms with Crippen molar-refractivity contribution in [2.24, 2.45) is 4.99 Å². The van der Waals surface area contributed by atoms with Crippen LogP contribution in [0.3, 0.4) is 0 Å². The van der Waals surface area contributed by atoms with Gasteiger partial charge in [-0.2, -0.15) is 0 Å². The van der Waals surface area contributed by atoms with Gasteiger partial charge >= 0.3 is 0 Å². The zero-order chi connectivity index (χ0) is 18.6. The van der Waals surface area contributed by atoms with Crippen LogP contribution in [0.15, 0.2) is 34.2 Å². The molecule has 1 fully saturated rings. The number of carbonyl (C=O) groups excluding carboxylic acids is 1. The predicted molar refractivity (Wildman–Crippen MR) is 98.6 cm³/mol. The molecule has 0 unspecified atom stereocenters. The van der Waals surface area contributed by atoms with Crippen LogP contribution >= 0.6 is 0 Å². The summed E-state index contributed by atoms with van der Waals surface area (Å²) < 4.78 is 32.4. The van der Waals surface area contributed by atoms with E-state index >= 15 is 0 Å². The van der Waals surface area contributed by atoms with E-state index in [-0.39, 0.29) is 22.7 Å². The Labute approximate surface area is 154 Å². The lowest BCUT2D eigenvalue weighted by molar-refractivity contribution is -0.122. The first-order valence-corrected chi connectivity index (χ1v) is 10.6. The number of ether oxygens (including phenoxy) is 1. The molecule has 1 amide bonds. The van der Waals surface area contributed by atoms with Gasteiger partial charge in [-0.05, 0) is 31.4 Å². The molecule has 0 saturated carbocycles. The molecule has 0 bridgehead atoms. The minimum absolute atomic E-state index is 0.0594. The number of amidine groups is 1. The largest absolute Gasteiger partial charge is 0.376 e. The molecule has 3 rings (SSSR count).